The van der Waals surface area contributed by atoms with Gasteiger partial charge in [-0.15, -0.1) is 0 Å². The smallest absolute Gasteiger partial charge is 0.267 e. The minimum atomic E-state index is -0.535. The summed E-state index contributed by atoms with van der Waals surface area (Å²) in [7, 11) is 0. The summed E-state index contributed by atoms with van der Waals surface area (Å²) in [5.74, 6) is 0.357. The fourth-order valence-electron chi connectivity index (χ4n) is 3.33. The van der Waals surface area contributed by atoms with E-state index in [-0.39, 0.29) is 17.4 Å². The second-order valence-corrected chi connectivity index (χ2v) is 7.16. The Hall–Kier alpha value is -3.98. The highest BCUT2D eigenvalue weighted by Crippen LogP contribution is 2.30. The standard InChI is InChI=1S/C25H25N3O3/c1-4-31-24-12-11-16(2)13-21(24)17(3)27-15-18(14-26)25(30)28-22-9-5-8-20-19(22)7-6-10-23(20)29/h5-13,15,17,27,29H,4H2,1-3H3,(H,28,30)/b18-15-. The van der Waals surface area contributed by atoms with Crippen LogP contribution in [0.1, 0.15) is 31.0 Å². The molecule has 3 aromatic rings. The number of carbonyl (C=O) groups is 1. The molecule has 0 fully saturated rings. The molecule has 3 rings (SSSR count). The Morgan fingerprint density at radius 1 is 1.19 bits per heavy atom. The van der Waals surface area contributed by atoms with Crippen LogP contribution in [0, 0.1) is 18.3 Å². The number of rotatable bonds is 7. The van der Waals surface area contributed by atoms with Crippen LogP contribution in [0.2, 0.25) is 0 Å². The molecule has 6 nitrogen and oxygen atoms in total. The molecule has 0 aromatic heterocycles. The Labute approximate surface area is 181 Å². The summed E-state index contributed by atoms with van der Waals surface area (Å²) in [6, 6.07) is 18.0. The summed E-state index contributed by atoms with van der Waals surface area (Å²) in [6.07, 6.45) is 1.42. The predicted molar refractivity (Wildman–Crippen MR) is 122 cm³/mol. The number of amides is 1. The van der Waals surface area contributed by atoms with Crippen LogP contribution in [-0.4, -0.2) is 17.6 Å². The van der Waals surface area contributed by atoms with Crippen molar-refractivity contribution in [2.75, 3.05) is 11.9 Å². The number of benzene rings is 3. The first-order valence-corrected chi connectivity index (χ1v) is 10.1. The second kappa shape index (κ2) is 9.68. The van der Waals surface area contributed by atoms with Gasteiger partial charge in [0.15, 0.2) is 0 Å². The van der Waals surface area contributed by atoms with Crippen molar-refractivity contribution < 1.29 is 14.6 Å². The quantitative estimate of drug-likeness (QED) is 0.375. The Morgan fingerprint density at radius 3 is 2.68 bits per heavy atom. The van der Waals surface area contributed by atoms with Gasteiger partial charge in [-0.1, -0.05) is 42.0 Å². The highest BCUT2D eigenvalue weighted by molar-refractivity contribution is 6.11. The molecule has 0 saturated carbocycles. The van der Waals surface area contributed by atoms with Crippen molar-refractivity contribution in [3.05, 3.63) is 77.5 Å². The van der Waals surface area contributed by atoms with Crippen molar-refractivity contribution in [1.82, 2.24) is 5.32 Å². The summed E-state index contributed by atoms with van der Waals surface area (Å²) >= 11 is 0. The summed E-state index contributed by atoms with van der Waals surface area (Å²) in [4.78, 5) is 12.7. The van der Waals surface area contributed by atoms with E-state index in [1.807, 2.05) is 45.0 Å². The molecule has 1 atom stereocenters. The monoisotopic (exact) mass is 415 g/mol. The van der Waals surface area contributed by atoms with E-state index in [4.69, 9.17) is 4.74 Å². The number of nitrogens with zero attached hydrogens (tertiary/aromatic N) is 1. The van der Waals surface area contributed by atoms with Gasteiger partial charge in [0.25, 0.3) is 5.91 Å². The van der Waals surface area contributed by atoms with E-state index in [0.29, 0.717) is 23.1 Å². The Bertz CT molecular complexity index is 1180. The molecule has 0 spiro atoms. The van der Waals surface area contributed by atoms with Crippen molar-refractivity contribution in [3.8, 4) is 17.6 Å². The van der Waals surface area contributed by atoms with E-state index in [9.17, 15) is 15.2 Å². The lowest BCUT2D eigenvalue weighted by Gasteiger charge is -2.18. The summed E-state index contributed by atoms with van der Waals surface area (Å²) in [5, 5.41) is 26.7. The molecule has 0 radical (unpaired) electrons. The van der Waals surface area contributed by atoms with Crippen LogP contribution in [0.5, 0.6) is 11.5 Å². The maximum atomic E-state index is 12.7. The number of aromatic hydroxyl groups is 1. The molecule has 1 amide bonds. The van der Waals surface area contributed by atoms with Crippen molar-refractivity contribution in [1.29, 1.82) is 5.26 Å². The number of nitrogens with one attached hydrogen (secondary N) is 2. The molecular weight excluding hydrogens is 390 g/mol. The Kier molecular flexibility index (Phi) is 6.78. The number of fused-ring (bicyclic) bond motifs is 1. The average molecular weight is 415 g/mol. The minimum absolute atomic E-state index is 0.0605. The number of phenols is 1. The van der Waals surface area contributed by atoms with Gasteiger partial charge >= 0.3 is 0 Å². The van der Waals surface area contributed by atoms with Crippen LogP contribution in [0.25, 0.3) is 10.8 Å². The zero-order chi connectivity index (χ0) is 22.4. The zero-order valence-electron chi connectivity index (χ0n) is 17.8. The first-order chi connectivity index (χ1) is 14.9. The number of hydrogen-bond acceptors (Lipinski definition) is 5. The fourth-order valence-corrected chi connectivity index (χ4v) is 3.33. The first kappa shape index (κ1) is 21.7. The molecule has 0 saturated heterocycles. The lowest BCUT2D eigenvalue weighted by molar-refractivity contribution is -0.112. The van der Waals surface area contributed by atoms with Crippen LogP contribution >= 0.6 is 0 Å². The number of nitriles is 1. The van der Waals surface area contributed by atoms with Crippen molar-refractivity contribution in [2.45, 2.75) is 26.8 Å². The molecule has 0 aliphatic rings. The van der Waals surface area contributed by atoms with Gasteiger partial charge in [-0.05, 0) is 39.0 Å². The molecule has 1 unspecified atom stereocenters. The van der Waals surface area contributed by atoms with E-state index < -0.39 is 5.91 Å². The lowest BCUT2D eigenvalue weighted by atomic mass is 10.0. The predicted octanol–water partition coefficient (Wildman–Crippen LogP) is 4.95. The number of carbonyl (C=O) groups excluding carboxylic acids is 1. The maximum absolute atomic E-state index is 12.7. The SMILES string of the molecule is CCOc1ccc(C)cc1C(C)N/C=C(/C#N)C(=O)Nc1cccc2c(O)cccc12. The van der Waals surface area contributed by atoms with E-state index in [1.165, 1.54) is 6.20 Å². The van der Waals surface area contributed by atoms with Gasteiger partial charge in [0.2, 0.25) is 0 Å². The zero-order valence-corrected chi connectivity index (χ0v) is 17.8. The Balaban J connectivity index is 1.80. The Morgan fingerprint density at radius 2 is 1.94 bits per heavy atom. The molecule has 158 valence electrons. The van der Waals surface area contributed by atoms with Crippen LogP contribution < -0.4 is 15.4 Å². The van der Waals surface area contributed by atoms with Crippen molar-refractivity contribution >= 4 is 22.4 Å². The van der Waals surface area contributed by atoms with E-state index >= 15 is 0 Å². The molecular formula is C25H25N3O3. The van der Waals surface area contributed by atoms with Gasteiger partial charge in [-0.3, -0.25) is 4.79 Å². The maximum Gasteiger partial charge on any atom is 0.267 e. The normalized spacial score (nSPS) is 12.1. The molecule has 3 aromatic carbocycles. The van der Waals surface area contributed by atoms with Crippen molar-refractivity contribution in [2.24, 2.45) is 0 Å². The van der Waals surface area contributed by atoms with Crippen LogP contribution in [0.15, 0.2) is 66.4 Å². The van der Waals surface area contributed by atoms with Gasteiger partial charge < -0.3 is 20.5 Å². The fraction of sp³-hybridized carbons (Fsp3) is 0.200. The summed E-state index contributed by atoms with van der Waals surface area (Å²) in [5.41, 5.74) is 2.49. The summed E-state index contributed by atoms with van der Waals surface area (Å²) < 4.78 is 5.70. The molecule has 0 bridgehead atoms. The largest absolute Gasteiger partial charge is 0.507 e. The van der Waals surface area contributed by atoms with E-state index in [2.05, 4.69) is 10.6 Å². The molecule has 3 N–H and O–H groups in total. The molecule has 0 aliphatic carbocycles. The first-order valence-electron chi connectivity index (χ1n) is 10.1. The van der Waals surface area contributed by atoms with Gasteiger partial charge in [-0.25, -0.2) is 0 Å². The molecule has 31 heavy (non-hydrogen) atoms. The highest BCUT2D eigenvalue weighted by Gasteiger charge is 2.15. The van der Waals surface area contributed by atoms with Crippen molar-refractivity contribution in [3.63, 3.8) is 0 Å². The molecule has 0 heterocycles. The number of anilines is 1. The van der Waals surface area contributed by atoms with E-state index in [0.717, 1.165) is 16.9 Å². The van der Waals surface area contributed by atoms with Gasteiger partial charge in [0.1, 0.15) is 23.1 Å². The summed E-state index contributed by atoms with van der Waals surface area (Å²) in [6.45, 7) is 6.41. The molecule has 0 aliphatic heterocycles. The third-order valence-electron chi connectivity index (χ3n) is 4.92. The number of phenolic OH excluding ortho intramolecular Hbond substituents is 1. The van der Waals surface area contributed by atoms with Crippen LogP contribution in [-0.2, 0) is 4.79 Å². The van der Waals surface area contributed by atoms with Crippen LogP contribution in [0.4, 0.5) is 5.69 Å². The third kappa shape index (κ3) is 4.96. The molecule has 6 heteroatoms. The van der Waals surface area contributed by atoms with Gasteiger partial charge in [0.05, 0.1) is 12.6 Å². The highest BCUT2D eigenvalue weighted by atomic mass is 16.5. The van der Waals surface area contributed by atoms with E-state index in [1.54, 1.807) is 36.4 Å². The average Bonchev–Trinajstić information content (AvgIpc) is 2.76. The minimum Gasteiger partial charge on any atom is -0.507 e. The second-order valence-electron chi connectivity index (χ2n) is 7.16. The van der Waals surface area contributed by atoms with Gasteiger partial charge in [-0.2, -0.15) is 5.26 Å². The van der Waals surface area contributed by atoms with Crippen LogP contribution in [0.3, 0.4) is 0 Å². The number of ether oxygens (including phenoxy) is 1. The lowest BCUT2D eigenvalue weighted by Crippen LogP contribution is -2.19. The topological polar surface area (TPSA) is 94.4 Å². The third-order valence-corrected chi connectivity index (χ3v) is 4.92. The van der Waals surface area contributed by atoms with Gasteiger partial charge in [0, 0.05) is 28.2 Å². The number of aryl methyl sites for hydroxylation is 1. The number of hydrogen-bond donors (Lipinski definition) is 3.